The summed E-state index contributed by atoms with van der Waals surface area (Å²) in [5.74, 6) is 1.71. The molecule has 1 rings (SSSR count). The molecule has 0 aromatic heterocycles. The van der Waals surface area contributed by atoms with E-state index in [4.69, 9.17) is 4.74 Å². The van der Waals surface area contributed by atoms with Crippen molar-refractivity contribution in [2.45, 2.75) is 52.6 Å². The van der Waals surface area contributed by atoms with Crippen LogP contribution in [0.5, 0.6) is 5.75 Å². The van der Waals surface area contributed by atoms with Gasteiger partial charge in [0.2, 0.25) is 0 Å². The third kappa shape index (κ3) is 3.74. The Morgan fingerprint density at radius 2 is 1.72 bits per heavy atom. The molecule has 102 valence electrons. The molecule has 0 aliphatic heterocycles. The second-order valence-corrected chi connectivity index (χ2v) is 5.00. The molecule has 1 aromatic rings. The molecule has 0 saturated heterocycles. The van der Waals surface area contributed by atoms with Gasteiger partial charge in [-0.05, 0) is 25.8 Å². The molecule has 0 aliphatic carbocycles. The summed E-state index contributed by atoms with van der Waals surface area (Å²) in [7, 11) is 1.73. The molecule has 0 amide bonds. The van der Waals surface area contributed by atoms with E-state index >= 15 is 0 Å². The Labute approximate surface area is 112 Å². The van der Waals surface area contributed by atoms with Gasteiger partial charge >= 0.3 is 0 Å². The molecule has 0 bridgehead atoms. The molecule has 0 saturated carbocycles. The molecule has 2 heteroatoms. The smallest absolute Gasteiger partial charge is 0.123 e. The Balaban J connectivity index is 2.72. The van der Waals surface area contributed by atoms with Crippen molar-refractivity contribution in [3.05, 3.63) is 29.8 Å². The first kappa shape index (κ1) is 15.0. The SMILES string of the molecule is CCC(CC)C(C)NC(C)c1ccccc1OC. The van der Waals surface area contributed by atoms with E-state index < -0.39 is 0 Å². The lowest BCUT2D eigenvalue weighted by molar-refractivity contribution is 0.324. The minimum absolute atomic E-state index is 0.316. The van der Waals surface area contributed by atoms with Crippen LogP contribution in [0, 0.1) is 5.92 Å². The van der Waals surface area contributed by atoms with E-state index in [-0.39, 0.29) is 0 Å². The van der Waals surface area contributed by atoms with Crippen molar-refractivity contribution < 1.29 is 4.74 Å². The fraction of sp³-hybridized carbons (Fsp3) is 0.625. The fourth-order valence-electron chi connectivity index (χ4n) is 2.64. The van der Waals surface area contributed by atoms with Gasteiger partial charge < -0.3 is 10.1 Å². The van der Waals surface area contributed by atoms with E-state index in [1.807, 2.05) is 12.1 Å². The summed E-state index contributed by atoms with van der Waals surface area (Å²) in [5, 5.41) is 3.69. The molecule has 2 atom stereocenters. The van der Waals surface area contributed by atoms with E-state index in [2.05, 4.69) is 45.1 Å². The van der Waals surface area contributed by atoms with Crippen molar-refractivity contribution in [2.75, 3.05) is 7.11 Å². The number of rotatable bonds is 7. The summed E-state index contributed by atoms with van der Waals surface area (Å²) in [6.45, 7) is 9.01. The lowest BCUT2D eigenvalue weighted by Crippen LogP contribution is -2.35. The Kier molecular flexibility index (Phi) is 6.20. The summed E-state index contributed by atoms with van der Waals surface area (Å²) in [6, 6.07) is 9.08. The predicted molar refractivity (Wildman–Crippen MR) is 78.1 cm³/mol. The summed E-state index contributed by atoms with van der Waals surface area (Å²) in [4.78, 5) is 0. The molecule has 0 radical (unpaired) electrons. The largest absolute Gasteiger partial charge is 0.496 e. The molecule has 2 nitrogen and oxygen atoms in total. The molecule has 0 aliphatic rings. The monoisotopic (exact) mass is 249 g/mol. The van der Waals surface area contributed by atoms with Gasteiger partial charge in [-0.2, -0.15) is 0 Å². The van der Waals surface area contributed by atoms with E-state index in [1.54, 1.807) is 7.11 Å². The maximum atomic E-state index is 5.42. The highest BCUT2D eigenvalue weighted by molar-refractivity contribution is 5.35. The van der Waals surface area contributed by atoms with Gasteiger partial charge in [0.05, 0.1) is 7.11 Å². The number of benzene rings is 1. The van der Waals surface area contributed by atoms with Crippen LogP contribution in [0.25, 0.3) is 0 Å². The average molecular weight is 249 g/mol. The van der Waals surface area contributed by atoms with E-state index in [0.29, 0.717) is 12.1 Å². The van der Waals surface area contributed by atoms with Crippen LogP contribution >= 0.6 is 0 Å². The van der Waals surface area contributed by atoms with Crippen molar-refractivity contribution >= 4 is 0 Å². The molecule has 2 unspecified atom stereocenters. The van der Waals surface area contributed by atoms with E-state index in [9.17, 15) is 0 Å². The Hall–Kier alpha value is -1.02. The number of para-hydroxylation sites is 1. The number of hydrogen-bond donors (Lipinski definition) is 1. The number of methoxy groups -OCH3 is 1. The third-order valence-corrected chi connectivity index (χ3v) is 3.87. The Morgan fingerprint density at radius 3 is 2.28 bits per heavy atom. The Morgan fingerprint density at radius 1 is 1.11 bits per heavy atom. The minimum Gasteiger partial charge on any atom is -0.496 e. The highest BCUT2D eigenvalue weighted by Crippen LogP contribution is 2.26. The quantitative estimate of drug-likeness (QED) is 0.783. The maximum Gasteiger partial charge on any atom is 0.123 e. The predicted octanol–water partition coefficient (Wildman–Crippen LogP) is 4.17. The van der Waals surface area contributed by atoms with Crippen LogP contribution in [0.1, 0.15) is 52.1 Å². The highest BCUT2D eigenvalue weighted by Gasteiger charge is 2.18. The van der Waals surface area contributed by atoms with Crippen LogP contribution in [-0.2, 0) is 0 Å². The standard InChI is InChI=1S/C16H27NO/c1-6-14(7-2)12(3)17-13(4)15-10-8-9-11-16(15)18-5/h8-14,17H,6-7H2,1-5H3. The second-order valence-electron chi connectivity index (χ2n) is 5.00. The van der Waals surface area contributed by atoms with Crippen molar-refractivity contribution in [3.8, 4) is 5.75 Å². The van der Waals surface area contributed by atoms with Gasteiger partial charge in [0, 0.05) is 17.6 Å². The van der Waals surface area contributed by atoms with Crippen molar-refractivity contribution in [2.24, 2.45) is 5.92 Å². The van der Waals surface area contributed by atoms with Crippen molar-refractivity contribution in [1.82, 2.24) is 5.32 Å². The van der Waals surface area contributed by atoms with Crippen LogP contribution < -0.4 is 10.1 Å². The highest BCUT2D eigenvalue weighted by atomic mass is 16.5. The van der Waals surface area contributed by atoms with E-state index in [0.717, 1.165) is 11.7 Å². The van der Waals surface area contributed by atoms with Crippen LogP contribution in [-0.4, -0.2) is 13.2 Å². The third-order valence-electron chi connectivity index (χ3n) is 3.87. The van der Waals surface area contributed by atoms with Crippen molar-refractivity contribution in [3.63, 3.8) is 0 Å². The zero-order valence-electron chi connectivity index (χ0n) is 12.4. The molecule has 0 spiro atoms. The minimum atomic E-state index is 0.316. The molecule has 1 N–H and O–H groups in total. The van der Waals surface area contributed by atoms with Gasteiger partial charge in [-0.15, -0.1) is 0 Å². The van der Waals surface area contributed by atoms with Gasteiger partial charge in [-0.1, -0.05) is 44.9 Å². The van der Waals surface area contributed by atoms with Gasteiger partial charge in [0.15, 0.2) is 0 Å². The Bertz CT molecular complexity index is 347. The zero-order valence-corrected chi connectivity index (χ0v) is 12.4. The van der Waals surface area contributed by atoms with Crippen LogP contribution in [0.4, 0.5) is 0 Å². The summed E-state index contributed by atoms with van der Waals surface area (Å²) < 4.78 is 5.42. The topological polar surface area (TPSA) is 21.3 Å². The summed E-state index contributed by atoms with van der Waals surface area (Å²) in [5.41, 5.74) is 1.23. The van der Waals surface area contributed by atoms with Gasteiger partial charge in [0.1, 0.15) is 5.75 Å². The molecular weight excluding hydrogens is 222 g/mol. The maximum absolute atomic E-state index is 5.42. The number of hydrogen-bond acceptors (Lipinski definition) is 2. The normalized spacial score (nSPS) is 14.6. The van der Waals surface area contributed by atoms with Gasteiger partial charge in [-0.3, -0.25) is 0 Å². The average Bonchev–Trinajstić information content (AvgIpc) is 2.40. The van der Waals surface area contributed by atoms with Crippen LogP contribution in [0.2, 0.25) is 0 Å². The fourth-order valence-corrected chi connectivity index (χ4v) is 2.64. The van der Waals surface area contributed by atoms with Crippen LogP contribution in [0.15, 0.2) is 24.3 Å². The lowest BCUT2D eigenvalue weighted by Gasteiger charge is -2.27. The first-order valence-corrected chi connectivity index (χ1v) is 7.02. The molecule has 1 aromatic carbocycles. The first-order valence-electron chi connectivity index (χ1n) is 7.02. The molecule has 18 heavy (non-hydrogen) atoms. The molecule has 0 heterocycles. The lowest BCUT2D eigenvalue weighted by atomic mass is 9.94. The summed E-state index contributed by atoms with van der Waals surface area (Å²) >= 11 is 0. The molecular formula is C16H27NO. The van der Waals surface area contributed by atoms with Gasteiger partial charge in [0.25, 0.3) is 0 Å². The second kappa shape index (κ2) is 7.42. The molecule has 0 fully saturated rings. The van der Waals surface area contributed by atoms with Crippen LogP contribution in [0.3, 0.4) is 0 Å². The van der Waals surface area contributed by atoms with E-state index in [1.165, 1.54) is 18.4 Å². The number of nitrogens with one attached hydrogen (secondary N) is 1. The summed E-state index contributed by atoms with van der Waals surface area (Å²) in [6.07, 6.45) is 2.45. The first-order chi connectivity index (χ1) is 8.63. The van der Waals surface area contributed by atoms with Crippen molar-refractivity contribution in [1.29, 1.82) is 0 Å². The van der Waals surface area contributed by atoms with Gasteiger partial charge in [-0.25, -0.2) is 0 Å². The zero-order chi connectivity index (χ0) is 13.5. The number of ether oxygens (including phenoxy) is 1.